The molecule has 15 heavy (non-hydrogen) atoms. The molecule has 0 fully saturated rings. The van der Waals surface area contributed by atoms with E-state index in [1.165, 1.54) is 16.3 Å². The Balaban J connectivity index is 2.59. The molecule has 2 heteroatoms. The van der Waals surface area contributed by atoms with Crippen molar-refractivity contribution in [2.24, 2.45) is 5.73 Å². The van der Waals surface area contributed by atoms with Crippen LogP contribution in [0.25, 0.3) is 10.8 Å². The van der Waals surface area contributed by atoms with E-state index in [2.05, 4.69) is 48.7 Å². The lowest BCUT2D eigenvalue weighted by Crippen LogP contribution is -2.09. The van der Waals surface area contributed by atoms with E-state index in [9.17, 15) is 0 Å². The Hall–Kier alpha value is -0.990. The molecule has 0 bridgehead atoms. The smallest absolute Gasteiger partial charge is 0.0423 e. The molecule has 0 aliphatic carbocycles. The zero-order chi connectivity index (χ0) is 10.7. The molecular weight excluding hydrogens is 202 g/mol. The van der Waals surface area contributed by atoms with Gasteiger partial charge in [-0.05, 0) is 22.6 Å². The van der Waals surface area contributed by atoms with Gasteiger partial charge in [-0.3, -0.25) is 0 Å². The van der Waals surface area contributed by atoms with E-state index in [0.717, 1.165) is 0 Å². The fraction of sp³-hybridized carbons (Fsp3) is 0.231. The highest BCUT2D eigenvalue weighted by molar-refractivity contribution is 7.98. The molecule has 78 valence electrons. The third-order valence-corrected chi connectivity index (χ3v) is 3.68. The summed E-state index contributed by atoms with van der Waals surface area (Å²) in [6.45, 7) is 0.690. The lowest BCUT2D eigenvalue weighted by atomic mass is 10.0. The molecule has 2 rings (SSSR count). The van der Waals surface area contributed by atoms with E-state index in [4.69, 9.17) is 5.73 Å². The molecule has 0 saturated carbocycles. The first-order valence-electron chi connectivity index (χ1n) is 5.07. The van der Waals surface area contributed by atoms with Crippen molar-refractivity contribution >= 4 is 22.5 Å². The Morgan fingerprint density at radius 1 is 1.13 bits per heavy atom. The Bertz CT molecular complexity index is 444. The highest BCUT2D eigenvalue weighted by Crippen LogP contribution is 2.31. The average molecular weight is 217 g/mol. The first-order chi connectivity index (χ1) is 7.36. The standard InChI is InChI=1S/C13H15NS/c1-15-13(9-14)12-8-4-6-10-5-2-3-7-11(10)12/h2-8,13H,9,14H2,1H3. The number of thioether (sulfide) groups is 1. The number of rotatable bonds is 3. The minimum absolute atomic E-state index is 0.399. The molecule has 2 aromatic rings. The second-order valence-corrected chi connectivity index (χ2v) is 4.57. The zero-order valence-corrected chi connectivity index (χ0v) is 9.63. The van der Waals surface area contributed by atoms with E-state index >= 15 is 0 Å². The van der Waals surface area contributed by atoms with Gasteiger partial charge in [-0.1, -0.05) is 42.5 Å². The van der Waals surface area contributed by atoms with Crippen molar-refractivity contribution in [3.63, 3.8) is 0 Å². The van der Waals surface area contributed by atoms with Gasteiger partial charge in [0.15, 0.2) is 0 Å². The van der Waals surface area contributed by atoms with Gasteiger partial charge in [-0.2, -0.15) is 11.8 Å². The van der Waals surface area contributed by atoms with Crippen LogP contribution in [-0.2, 0) is 0 Å². The van der Waals surface area contributed by atoms with Crippen LogP contribution in [-0.4, -0.2) is 12.8 Å². The van der Waals surface area contributed by atoms with E-state index in [1.807, 2.05) is 11.8 Å². The first-order valence-corrected chi connectivity index (χ1v) is 6.36. The molecule has 0 aromatic heterocycles. The van der Waals surface area contributed by atoms with Crippen LogP contribution in [0.5, 0.6) is 0 Å². The van der Waals surface area contributed by atoms with Crippen LogP contribution >= 0.6 is 11.8 Å². The van der Waals surface area contributed by atoms with Crippen LogP contribution in [0.2, 0.25) is 0 Å². The van der Waals surface area contributed by atoms with E-state index < -0.39 is 0 Å². The number of fused-ring (bicyclic) bond motifs is 1. The molecule has 2 N–H and O–H groups in total. The summed E-state index contributed by atoms with van der Waals surface area (Å²) in [5.74, 6) is 0. The fourth-order valence-corrected chi connectivity index (χ4v) is 2.53. The van der Waals surface area contributed by atoms with Gasteiger partial charge in [-0.15, -0.1) is 0 Å². The summed E-state index contributed by atoms with van der Waals surface area (Å²) in [4.78, 5) is 0. The summed E-state index contributed by atoms with van der Waals surface area (Å²) in [5.41, 5.74) is 7.14. The maximum absolute atomic E-state index is 5.79. The molecule has 2 aromatic carbocycles. The predicted octanol–water partition coefficient (Wildman–Crippen LogP) is 3.20. The van der Waals surface area contributed by atoms with Crippen LogP contribution in [0.15, 0.2) is 42.5 Å². The molecule has 1 atom stereocenters. The van der Waals surface area contributed by atoms with E-state index in [-0.39, 0.29) is 0 Å². The normalized spacial score (nSPS) is 12.9. The van der Waals surface area contributed by atoms with Crippen molar-refractivity contribution in [1.29, 1.82) is 0 Å². The van der Waals surface area contributed by atoms with Gasteiger partial charge < -0.3 is 5.73 Å². The van der Waals surface area contributed by atoms with Crippen LogP contribution in [0.4, 0.5) is 0 Å². The molecule has 0 heterocycles. The van der Waals surface area contributed by atoms with Gasteiger partial charge in [0.2, 0.25) is 0 Å². The van der Waals surface area contributed by atoms with Crippen molar-refractivity contribution < 1.29 is 0 Å². The van der Waals surface area contributed by atoms with Gasteiger partial charge in [0.05, 0.1) is 0 Å². The molecule has 0 saturated heterocycles. The zero-order valence-electron chi connectivity index (χ0n) is 8.81. The van der Waals surface area contributed by atoms with Crippen molar-refractivity contribution in [3.05, 3.63) is 48.0 Å². The molecule has 0 spiro atoms. The third-order valence-electron chi connectivity index (χ3n) is 2.67. The quantitative estimate of drug-likeness (QED) is 0.854. The van der Waals surface area contributed by atoms with Crippen LogP contribution < -0.4 is 5.73 Å². The molecule has 1 nitrogen and oxygen atoms in total. The summed E-state index contributed by atoms with van der Waals surface area (Å²) < 4.78 is 0. The SMILES string of the molecule is CSC(CN)c1cccc2ccccc12. The van der Waals surface area contributed by atoms with E-state index in [1.54, 1.807) is 0 Å². The minimum Gasteiger partial charge on any atom is -0.329 e. The Morgan fingerprint density at radius 2 is 1.87 bits per heavy atom. The van der Waals surface area contributed by atoms with Gasteiger partial charge in [0.25, 0.3) is 0 Å². The van der Waals surface area contributed by atoms with E-state index in [0.29, 0.717) is 11.8 Å². The Kier molecular flexibility index (Phi) is 3.29. The minimum atomic E-state index is 0.399. The number of hydrogen-bond donors (Lipinski definition) is 1. The van der Waals surface area contributed by atoms with Crippen LogP contribution in [0.1, 0.15) is 10.8 Å². The molecular formula is C13H15NS. The lowest BCUT2D eigenvalue weighted by molar-refractivity contribution is 0.953. The summed E-state index contributed by atoms with van der Waals surface area (Å²) in [6.07, 6.45) is 2.11. The molecule has 0 aliphatic heterocycles. The van der Waals surface area contributed by atoms with Crippen LogP contribution in [0.3, 0.4) is 0 Å². The third kappa shape index (κ3) is 2.01. The predicted molar refractivity (Wildman–Crippen MR) is 69.3 cm³/mol. The second kappa shape index (κ2) is 4.69. The molecule has 0 radical (unpaired) electrons. The van der Waals surface area contributed by atoms with Crippen molar-refractivity contribution in [2.75, 3.05) is 12.8 Å². The Labute approximate surface area is 94.7 Å². The Morgan fingerprint density at radius 3 is 2.60 bits per heavy atom. The van der Waals surface area contributed by atoms with Crippen molar-refractivity contribution in [3.8, 4) is 0 Å². The number of nitrogens with two attached hydrogens (primary N) is 1. The topological polar surface area (TPSA) is 26.0 Å². The summed E-state index contributed by atoms with van der Waals surface area (Å²) >= 11 is 1.81. The fourth-order valence-electron chi connectivity index (χ4n) is 1.88. The first kappa shape index (κ1) is 10.5. The van der Waals surface area contributed by atoms with Crippen molar-refractivity contribution in [2.45, 2.75) is 5.25 Å². The maximum atomic E-state index is 5.79. The molecule has 0 aliphatic rings. The largest absolute Gasteiger partial charge is 0.329 e. The van der Waals surface area contributed by atoms with Crippen LogP contribution in [0, 0.1) is 0 Å². The molecule has 1 unspecified atom stereocenters. The lowest BCUT2D eigenvalue weighted by Gasteiger charge is -2.14. The second-order valence-electron chi connectivity index (χ2n) is 3.53. The van der Waals surface area contributed by atoms with Gasteiger partial charge >= 0.3 is 0 Å². The van der Waals surface area contributed by atoms with Gasteiger partial charge in [0.1, 0.15) is 0 Å². The van der Waals surface area contributed by atoms with Crippen molar-refractivity contribution in [1.82, 2.24) is 0 Å². The summed E-state index contributed by atoms with van der Waals surface area (Å²) in [5, 5.41) is 3.02. The average Bonchev–Trinajstić information content (AvgIpc) is 2.31. The highest BCUT2D eigenvalue weighted by Gasteiger charge is 2.10. The highest BCUT2D eigenvalue weighted by atomic mass is 32.2. The van der Waals surface area contributed by atoms with Gasteiger partial charge in [-0.25, -0.2) is 0 Å². The maximum Gasteiger partial charge on any atom is 0.0423 e. The monoisotopic (exact) mass is 217 g/mol. The number of hydrogen-bond acceptors (Lipinski definition) is 2. The summed E-state index contributed by atoms with van der Waals surface area (Å²) in [7, 11) is 0. The summed E-state index contributed by atoms with van der Waals surface area (Å²) in [6, 6.07) is 14.9. The molecule has 0 amide bonds. The number of benzene rings is 2. The van der Waals surface area contributed by atoms with Gasteiger partial charge in [0, 0.05) is 11.8 Å².